The Hall–Kier alpha value is -1.55. The van der Waals surface area contributed by atoms with Gasteiger partial charge in [0.25, 0.3) is 0 Å². The summed E-state index contributed by atoms with van der Waals surface area (Å²) in [6.45, 7) is 6.21. The number of nitrogens with two attached hydrogens (primary N) is 1. The third-order valence-electron chi connectivity index (χ3n) is 2.85. The fourth-order valence-electron chi connectivity index (χ4n) is 1.51. The lowest BCUT2D eigenvalue weighted by Crippen LogP contribution is -2.20. The van der Waals surface area contributed by atoms with E-state index in [0.717, 1.165) is 24.2 Å². The van der Waals surface area contributed by atoms with Crippen LogP contribution >= 0.6 is 0 Å². The highest BCUT2D eigenvalue weighted by atomic mass is 16.4. The third kappa shape index (κ3) is 4.44. The molecule has 0 aromatic heterocycles. The Bertz CT molecular complexity index is 377. The maximum absolute atomic E-state index is 8.61. The molecule has 1 rings (SSSR count). The van der Waals surface area contributed by atoms with E-state index in [1.54, 1.807) is 0 Å². The Labute approximate surface area is 103 Å². The van der Waals surface area contributed by atoms with Gasteiger partial charge in [0.1, 0.15) is 0 Å². The van der Waals surface area contributed by atoms with Crippen LogP contribution in [0.5, 0.6) is 0 Å². The van der Waals surface area contributed by atoms with E-state index in [1.165, 1.54) is 6.42 Å². The molecule has 0 aliphatic carbocycles. The van der Waals surface area contributed by atoms with Crippen LogP contribution in [0.4, 0.5) is 0 Å². The molecule has 1 aromatic rings. The quantitative estimate of drug-likeness (QED) is 0.305. The molecule has 1 atom stereocenters. The number of amidine groups is 1. The van der Waals surface area contributed by atoms with Crippen LogP contribution in [-0.4, -0.2) is 17.6 Å². The monoisotopic (exact) mass is 235 g/mol. The van der Waals surface area contributed by atoms with Gasteiger partial charge in [-0.3, -0.25) is 0 Å². The van der Waals surface area contributed by atoms with Crippen molar-refractivity contribution >= 4 is 5.84 Å². The lowest BCUT2D eigenvalue weighted by atomic mass is 10.1. The first-order valence-electron chi connectivity index (χ1n) is 5.95. The van der Waals surface area contributed by atoms with E-state index in [2.05, 4.69) is 24.3 Å². The zero-order valence-electron chi connectivity index (χ0n) is 10.5. The third-order valence-corrected chi connectivity index (χ3v) is 2.85. The highest BCUT2D eigenvalue weighted by Crippen LogP contribution is 2.05. The first-order valence-corrected chi connectivity index (χ1v) is 5.95. The SMILES string of the molecule is CCC(C)CNCc1cccc(C(N)=NO)c1. The predicted octanol–water partition coefficient (Wildman–Crippen LogP) is 1.92. The zero-order chi connectivity index (χ0) is 12.7. The number of rotatable bonds is 6. The first kappa shape index (κ1) is 13.5. The molecule has 0 radical (unpaired) electrons. The molecule has 4 N–H and O–H groups in total. The average Bonchev–Trinajstić information content (AvgIpc) is 2.38. The summed E-state index contributed by atoms with van der Waals surface area (Å²) in [6, 6.07) is 7.69. The minimum absolute atomic E-state index is 0.147. The molecule has 94 valence electrons. The number of oxime groups is 1. The van der Waals surface area contributed by atoms with Crippen molar-refractivity contribution in [2.45, 2.75) is 26.8 Å². The van der Waals surface area contributed by atoms with Crippen molar-refractivity contribution in [1.29, 1.82) is 0 Å². The zero-order valence-corrected chi connectivity index (χ0v) is 10.5. The fourth-order valence-corrected chi connectivity index (χ4v) is 1.51. The Balaban J connectivity index is 2.54. The molecule has 0 aliphatic heterocycles. The molecular formula is C13H21N3O. The van der Waals surface area contributed by atoms with Gasteiger partial charge in [-0.05, 0) is 24.1 Å². The van der Waals surface area contributed by atoms with Gasteiger partial charge in [0, 0.05) is 12.1 Å². The van der Waals surface area contributed by atoms with Crippen molar-refractivity contribution in [2.24, 2.45) is 16.8 Å². The lowest BCUT2D eigenvalue weighted by molar-refractivity contribution is 0.318. The molecule has 0 fully saturated rings. The number of nitrogens with one attached hydrogen (secondary N) is 1. The molecular weight excluding hydrogens is 214 g/mol. The normalized spacial score (nSPS) is 13.6. The second-order valence-electron chi connectivity index (χ2n) is 4.33. The number of benzene rings is 1. The van der Waals surface area contributed by atoms with E-state index in [1.807, 2.05) is 24.3 Å². The Kier molecular flexibility index (Phi) is 5.49. The molecule has 0 bridgehead atoms. The van der Waals surface area contributed by atoms with Crippen molar-refractivity contribution in [3.05, 3.63) is 35.4 Å². The van der Waals surface area contributed by atoms with Crippen molar-refractivity contribution in [2.75, 3.05) is 6.54 Å². The Morgan fingerprint density at radius 1 is 1.53 bits per heavy atom. The van der Waals surface area contributed by atoms with Crippen LogP contribution < -0.4 is 11.1 Å². The summed E-state index contributed by atoms with van der Waals surface area (Å²) in [5.74, 6) is 0.830. The molecule has 0 aliphatic rings. The van der Waals surface area contributed by atoms with Gasteiger partial charge in [0.2, 0.25) is 0 Å². The van der Waals surface area contributed by atoms with Gasteiger partial charge < -0.3 is 16.3 Å². The second kappa shape index (κ2) is 6.91. The summed E-state index contributed by atoms with van der Waals surface area (Å²) in [5, 5.41) is 15.0. The van der Waals surface area contributed by atoms with E-state index in [9.17, 15) is 0 Å². The van der Waals surface area contributed by atoms with Gasteiger partial charge in [0.05, 0.1) is 0 Å². The molecule has 17 heavy (non-hydrogen) atoms. The van der Waals surface area contributed by atoms with Crippen LogP contribution in [0.15, 0.2) is 29.4 Å². The summed E-state index contributed by atoms with van der Waals surface area (Å²) in [4.78, 5) is 0. The predicted molar refractivity (Wildman–Crippen MR) is 70.1 cm³/mol. The average molecular weight is 235 g/mol. The molecule has 4 heteroatoms. The molecule has 0 heterocycles. The Morgan fingerprint density at radius 2 is 2.29 bits per heavy atom. The van der Waals surface area contributed by atoms with E-state index in [4.69, 9.17) is 10.9 Å². The van der Waals surface area contributed by atoms with Crippen LogP contribution in [-0.2, 0) is 6.54 Å². The molecule has 0 spiro atoms. The topological polar surface area (TPSA) is 70.6 Å². The Morgan fingerprint density at radius 3 is 2.94 bits per heavy atom. The largest absolute Gasteiger partial charge is 0.409 e. The van der Waals surface area contributed by atoms with Gasteiger partial charge in [-0.2, -0.15) is 0 Å². The van der Waals surface area contributed by atoms with Gasteiger partial charge in [-0.25, -0.2) is 0 Å². The van der Waals surface area contributed by atoms with Gasteiger partial charge >= 0.3 is 0 Å². The maximum Gasteiger partial charge on any atom is 0.170 e. The second-order valence-corrected chi connectivity index (χ2v) is 4.33. The molecule has 1 unspecified atom stereocenters. The van der Waals surface area contributed by atoms with Crippen LogP contribution in [0.3, 0.4) is 0 Å². The number of hydrogen-bond acceptors (Lipinski definition) is 3. The van der Waals surface area contributed by atoms with Crippen molar-refractivity contribution in [3.8, 4) is 0 Å². The summed E-state index contributed by atoms with van der Waals surface area (Å²) >= 11 is 0. The molecule has 0 saturated carbocycles. The van der Waals surface area contributed by atoms with Crippen molar-refractivity contribution < 1.29 is 5.21 Å². The summed E-state index contributed by atoms with van der Waals surface area (Å²) in [5.41, 5.74) is 7.42. The lowest BCUT2D eigenvalue weighted by Gasteiger charge is -2.10. The van der Waals surface area contributed by atoms with Crippen LogP contribution in [0.1, 0.15) is 31.4 Å². The van der Waals surface area contributed by atoms with Crippen LogP contribution in [0, 0.1) is 5.92 Å². The highest BCUT2D eigenvalue weighted by Gasteiger charge is 2.01. The smallest absolute Gasteiger partial charge is 0.170 e. The van der Waals surface area contributed by atoms with Crippen LogP contribution in [0.2, 0.25) is 0 Å². The van der Waals surface area contributed by atoms with Crippen LogP contribution in [0.25, 0.3) is 0 Å². The minimum Gasteiger partial charge on any atom is -0.409 e. The van der Waals surface area contributed by atoms with Gasteiger partial charge in [0.15, 0.2) is 5.84 Å². The summed E-state index contributed by atoms with van der Waals surface area (Å²) in [7, 11) is 0. The van der Waals surface area contributed by atoms with E-state index in [-0.39, 0.29) is 5.84 Å². The van der Waals surface area contributed by atoms with Crippen molar-refractivity contribution in [3.63, 3.8) is 0 Å². The summed E-state index contributed by atoms with van der Waals surface area (Å²) in [6.07, 6.45) is 1.18. The van der Waals surface area contributed by atoms with E-state index in [0.29, 0.717) is 5.92 Å². The maximum atomic E-state index is 8.61. The molecule has 0 amide bonds. The van der Waals surface area contributed by atoms with E-state index >= 15 is 0 Å². The molecule has 4 nitrogen and oxygen atoms in total. The van der Waals surface area contributed by atoms with E-state index < -0.39 is 0 Å². The van der Waals surface area contributed by atoms with Gasteiger partial charge in [-0.1, -0.05) is 43.6 Å². The highest BCUT2D eigenvalue weighted by molar-refractivity contribution is 5.97. The molecule has 0 saturated heterocycles. The number of nitrogens with zero attached hydrogens (tertiary/aromatic N) is 1. The number of hydrogen-bond donors (Lipinski definition) is 3. The first-order chi connectivity index (χ1) is 8.17. The fraction of sp³-hybridized carbons (Fsp3) is 0.462. The summed E-state index contributed by atoms with van der Waals surface area (Å²) < 4.78 is 0. The molecule has 1 aromatic carbocycles. The van der Waals surface area contributed by atoms with Crippen molar-refractivity contribution in [1.82, 2.24) is 5.32 Å². The minimum atomic E-state index is 0.147. The standard InChI is InChI=1S/C13H21N3O/c1-3-10(2)8-15-9-11-5-4-6-12(7-11)13(14)16-17/h4-7,10,15,17H,3,8-9H2,1-2H3,(H2,14,16). The van der Waals surface area contributed by atoms with Gasteiger partial charge in [-0.15, -0.1) is 0 Å².